The van der Waals surface area contributed by atoms with E-state index in [1.165, 1.54) is 0 Å². The highest BCUT2D eigenvalue weighted by atomic mass is 32.1. The SMILES string of the molecule is Cc1cn(C)c([C@H]2CN(C(=O)Cc3ccsc3)CCO2)n1. The molecule has 5 nitrogen and oxygen atoms in total. The molecule has 0 N–H and O–H groups in total. The number of imidazole rings is 1. The lowest BCUT2D eigenvalue weighted by molar-refractivity contribution is -0.138. The first-order valence-electron chi connectivity index (χ1n) is 7.04. The fraction of sp³-hybridized carbons (Fsp3) is 0.467. The lowest BCUT2D eigenvalue weighted by Gasteiger charge is -2.32. The van der Waals surface area contributed by atoms with Gasteiger partial charge in [-0.15, -0.1) is 0 Å². The van der Waals surface area contributed by atoms with Gasteiger partial charge in [0.1, 0.15) is 11.9 Å². The van der Waals surface area contributed by atoms with E-state index in [1.807, 2.05) is 46.5 Å². The van der Waals surface area contributed by atoms with Gasteiger partial charge in [-0.1, -0.05) is 0 Å². The summed E-state index contributed by atoms with van der Waals surface area (Å²) >= 11 is 1.62. The number of hydrogen-bond acceptors (Lipinski definition) is 4. The summed E-state index contributed by atoms with van der Waals surface area (Å²) in [6, 6.07) is 2.00. The number of carbonyl (C=O) groups excluding carboxylic acids is 1. The number of morpholine rings is 1. The van der Waals surface area contributed by atoms with Crippen LogP contribution in [0, 0.1) is 6.92 Å². The van der Waals surface area contributed by atoms with Gasteiger partial charge in [0.15, 0.2) is 0 Å². The minimum atomic E-state index is -0.135. The molecule has 2 aromatic rings. The molecule has 0 unspecified atom stereocenters. The number of ether oxygens (including phenoxy) is 1. The number of amides is 1. The molecule has 0 spiro atoms. The van der Waals surface area contributed by atoms with E-state index in [9.17, 15) is 4.79 Å². The molecule has 0 aromatic carbocycles. The molecule has 6 heteroatoms. The van der Waals surface area contributed by atoms with Crippen LogP contribution in [0.15, 0.2) is 23.0 Å². The van der Waals surface area contributed by atoms with Crippen molar-refractivity contribution in [3.8, 4) is 0 Å². The monoisotopic (exact) mass is 305 g/mol. The normalized spacial score (nSPS) is 19.0. The summed E-state index contributed by atoms with van der Waals surface area (Å²) in [6.45, 7) is 3.76. The third-order valence-corrected chi connectivity index (χ3v) is 4.41. The second-order valence-corrected chi connectivity index (χ2v) is 6.14. The van der Waals surface area contributed by atoms with Gasteiger partial charge in [-0.05, 0) is 29.3 Å². The number of aryl methyl sites for hydroxylation is 2. The largest absolute Gasteiger partial charge is 0.367 e. The first-order chi connectivity index (χ1) is 10.1. The highest BCUT2D eigenvalue weighted by molar-refractivity contribution is 7.07. The van der Waals surface area contributed by atoms with Crippen LogP contribution in [0.25, 0.3) is 0 Å². The van der Waals surface area contributed by atoms with Crippen molar-refractivity contribution in [2.75, 3.05) is 19.7 Å². The van der Waals surface area contributed by atoms with Crippen LogP contribution in [0.4, 0.5) is 0 Å². The van der Waals surface area contributed by atoms with Crippen LogP contribution in [0.5, 0.6) is 0 Å². The molecule has 1 atom stereocenters. The van der Waals surface area contributed by atoms with Crippen LogP contribution in [0.1, 0.15) is 23.2 Å². The summed E-state index contributed by atoms with van der Waals surface area (Å²) in [4.78, 5) is 18.8. The third kappa shape index (κ3) is 3.16. The van der Waals surface area contributed by atoms with Gasteiger partial charge in [0.05, 0.1) is 25.3 Å². The average molecular weight is 305 g/mol. The van der Waals surface area contributed by atoms with E-state index in [-0.39, 0.29) is 12.0 Å². The Morgan fingerprint density at radius 3 is 3.10 bits per heavy atom. The average Bonchev–Trinajstić information content (AvgIpc) is 3.08. The molecule has 1 aliphatic rings. The first-order valence-corrected chi connectivity index (χ1v) is 7.98. The van der Waals surface area contributed by atoms with E-state index in [1.54, 1.807) is 11.3 Å². The van der Waals surface area contributed by atoms with E-state index in [0.29, 0.717) is 26.1 Å². The predicted octanol–water partition coefficient (Wildman–Crippen LogP) is 1.93. The van der Waals surface area contributed by atoms with Crippen molar-refractivity contribution in [2.45, 2.75) is 19.4 Å². The molecule has 21 heavy (non-hydrogen) atoms. The zero-order chi connectivity index (χ0) is 14.8. The fourth-order valence-electron chi connectivity index (χ4n) is 2.65. The number of thiophene rings is 1. The van der Waals surface area contributed by atoms with Crippen molar-refractivity contribution in [1.29, 1.82) is 0 Å². The quantitative estimate of drug-likeness (QED) is 0.870. The van der Waals surface area contributed by atoms with Gasteiger partial charge >= 0.3 is 0 Å². The maximum absolute atomic E-state index is 12.4. The standard InChI is InChI=1S/C15H19N3O2S/c1-11-8-17(2)15(16-11)13-9-18(4-5-20-13)14(19)7-12-3-6-21-10-12/h3,6,8,10,13H,4-5,7,9H2,1-2H3/t13-/m1/s1. The lowest BCUT2D eigenvalue weighted by atomic mass is 10.2. The van der Waals surface area contributed by atoms with Crippen molar-refractivity contribution in [1.82, 2.24) is 14.5 Å². The lowest BCUT2D eigenvalue weighted by Crippen LogP contribution is -2.43. The molecule has 1 amide bonds. The molecule has 0 radical (unpaired) electrons. The van der Waals surface area contributed by atoms with Gasteiger partial charge < -0.3 is 14.2 Å². The summed E-state index contributed by atoms with van der Waals surface area (Å²) < 4.78 is 7.78. The summed E-state index contributed by atoms with van der Waals surface area (Å²) in [6.07, 6.45) is 2.31. The number of rotatable bonds is 3. The highest BCUT2D eigenvalue weighted by Crippen LogP contribution is 2.22. The zero-order valence-corrected chi connectivity index (χ0v) is 13.1. The molecule has 0 saturated carbocycles. The minimum Gasteiger partial charge on any atom is -0.367 e. The van der Waals surface area contributed by atoms with Crippen molar-refractivity contribution in [2.24, 2.45) is 7.05 Å². The molecule has 1 aliphatic heterocycles. The second-order valence-electron chi connectivity index (χ2n) is 5.36. The van der Waals surface area contributed by atoms with Crippen LogP contribution in [-0.4, -0.2) is 40.1 Å². The van der Waals surface area contributed by atoms with E-state index >= 15 is 0 Å². The molecular formula is C15H19N3O2S. The topological polar surface area (TPSA) is 47.4 Å². The van der Waals surface area contributed by atoms with Gasteiger partial charge in [-0.3, -0.25) is 4.79 Å². The van der Waals surface area contributed by atoms with Gasteiger partial charge in [-0.2, -0.15) is 11.3 Å². The minimum absolute atomic E-state index is 0.135. The highest BCUT2D eigenvalue weighted by Gasteiger charge is 2.28. The molecule has 112 valence electrons. The van der Waals surface area contributed by atoms with Crippen LogP contribution < -0.4 is 0 Å². The van der Waals surface area contributed by atoms with E-state index in [2.05, 4.69) is 4.98 Å². The first kappa shape index (κ1) is 14.3. The van der Waals surface area contributed by atoms with Crippen molar-refractivity contribution < 1.29 is 9.53 Å². The van der Waals surface area contributed by atoms with Gasteiger partial charge in [0, 0.05) is 19.8 Å². The Labute approximate surface area is 128 Å². The van der Waals surface area contributed by atoms with E-state index in [0.717, 1.165) is 17.1 Å². The Balaban J connectivity index is 1.68. The maximum Gasteiger partial charge on any atom is 0.227 e. The van der Waals surface area contributed by atoms with Crippen LogP contribution >= 0.6 is 11.3 Å². The number of carbonyl (C=O) groups is 1. The number of aromatic nitrogens is 2. The molecule has 0 aliphatic carbocycles. The van der Waals surface area contributed by atoms with E-state index in [4.69, 9.17) is 4.74 Å². The molecule has 3 rings (SSSR count). The molecular weight excluding hydrogens is 286 g/mol. The van der Waals surface area contributed by atoms with Gasteiger partial charge in [-0.25, -0.2) is 4.98 Å². The van der Waals surface area contributed by atoms with Crippen molar-refractivity contribution >= 4 is 17.2 Å². The van der Waals surface area contributed by atoms with Crippen molar-refractivity contribution in [3.63, 3.8) is 0 Å². The van der Waals surface area contributed by atoms with Gasteiger partial charge in [0.2, 0.25) is 5.91 Å². The summed E-state index contributed by atoms with van der Waals surface area (Å²) in [5.74, 6) is 1.05. The molecule has 0 bridgehead atoms. The van der Waals surface area contributed by atoms with E-state index < -0.39 is 0 Å². The molecule has 2 aromatic heterocycles. The molecule has 1 fully saturated rings. The predicted molar refractivity (Wildman–Crippen MR) is 81.2 cm³/mol. The van der Waals surface area contributed by atoms with Crippen molar-refractivity contribution in [3.05, 3.63) is 40.1 Å². The summed E-state index contributed by atoms with van der Waals surface area (Å²) in [5, 5.41) is 4.03. The molecule has 3 heterocycles. The Hall–Kier alpha value is -1.66. The smallest absolute Gasteiger partial charge is 0.227 e. The summed E-state index contributed by atoms with van der Waals surface area (Å²) in [5.41, 5.74) is 2.05. The van der Waals surface area contributed by atoms with Crippen LogP contribution in [0.3, 0.4) is 0 Å². The fourth-order valence-corrected chi connectivity index (χ4v) is 3.31. The van der Waals surface area contributed by atoms with Gasteiger partial charge in [0.25, 0.3) is 0 Å². The summed E-state index contributed by atoms with van der Waals surface area (Å²) in [7, 11) is 1.96. The third-order valence-electron chi connectivity index (χ3n) is 3.68. The Bertz CT molecular complexity index is 621. The number of hydrogen-bond donors (Lipinski definition) is 0. The Morgan fingerprint density at radius 2 is 2.43 bits per heavy atom. The Kier molecular flexibility index (Phi) is 4.07. The number of nitrogens with zero attached hydrogens (tertiary/aromatic N) is 3. The maximum atomic E-state index is 12.4. The Morgan fingerprint density at radius 1 is 1.57 bits per heavy atom. The van der Waals surface area contributed by atoms with Crippen LogP contribution in [0.2, 0.25) is 0 Å². The zero-order valence-electron chi connectivity index (χ0n) is 12.3. The molecule has 1 saturated heterocycles. The van der Waals surface area contributed by atoms with Crippen LogP contribution in [-0.2, 0) is 23.0 Å². The second kappa shape index (κ2) is 5.99.